The van der Waals surface area contributed by atoms with Crippen molar-refractivity contribution in [2.24, 2.45) is 0 Å². The van der Waals surface area contributed by atoms with E-state index >= 15 is 0 Å². The Labute approximate surface area is 482 Å². The van der Waals surface area contributed by atoms with Crippen molar-refractivity contribution in [3.05, 3.63) is 315 Å². The van der Waals surface area contributed by atoms with Crippen molar-refractivity contribution in [1.82, 2.24) is 19.5 Å². The zero-order valence-corrected chi connectivity index (χ0v) is 47.5. The Hall–Kier alpha value is -9.90. The highest BCUT2D eigenvalue weighted by Gasteiger charge is 2.43. The molecule has 0 aliphatic heterocycles. The lowest BCUT2D eigenvalue weighted by atomic mass is 10.1. The molecule has 3 heterocycles. The molecule has 7 heteroatoms. The molecule has 0 saturated carbocycles. The Balaban J connectivity index is 1.03. The smallest absolute Gasteiger partial charge is 0.179 e. The number of benzene rings is 12. The molecule has 12 aromatic carbocycles. The highest BCUT2D eigenvalue weighted by Crippen LogP contribution is 2.42. The summed E-state index contributed by atoms with van der Waals surface area (Å²) in [4.78, 5) is 17.2. The molecule has 0 fully saturated rings. The molecule has 3 aromatic heterocycles. The van der Waals surface area contributed by atoms with E-state index in [1.165, 1.54) is 72.4 Å². The summed E-state index contributed by atoms with van der Waals surface area (Å²) < 4.78 is 4.86. The molecule has 15 aromatic rings. The monoisotopic (exact) mass is 1100 g/mol. The van der Waals surface area contributed by atoms with Crippen LogP contribution in [0.4, 0.5) is 0 Å². The van der Waals surface area contributed by atoms with Crippen molar-refractivity contribution in [2.75, 3.05) is 0 Å². The van der Waals surface area contributed by atoms with E-state index in [1.54, 1.807) is 0 Å². The van der Waals surface area contributed by atoms with Crippen molar-refractivity contribution in [3.63, 3.8) is 0 Å². The summed E-state index contributed by atoms with van der Waals surface area (Å²) >= 11 is 1.83. The lowest BCUT2D eigenvalue weighted by Crippen LogP contribution is -2.74. The minimum Gasteiger partial charge on any atom is -0.308 e. The van der Waals surface area contributed by atoms with Crippen LogP contribution < -0.4 is 41.5 Å². The summed E-state index contributed by atoms with van der Waals surface area (Å²) in [6, 6.07) is 116. The fraction of sp³-hybridized carbons (Fsp3) is 0. The maximum Gasteiger partial charge on any atom is 0.179 e. The van der Waals surface area contributed by atoms with Gasteiger partial charge in [-0.05, 0) is 71.8 Å². The second-order valence-corrected chi connectivity index (χ2v) is 29.7. The molecular weight excluding hydrogens is 1050 g/mol. The molecule has 82 heavy (non-hydrogen) atoms. The Morgan fingerprint density at radius 2 is 0.598 bits per heavy atom. The van der Waals surface area contributed by atoms with Gasteiger partial charge in [-0.2, -0.15) is 0 Å². The molecule has 15 rings (SSSR count). The van der Waals surface area contributed by atoms with Crippen molar-refractivity contribution < 1.29 is 0 Å². The first-order valence-corrected chi connectivity index (χ1v) is 32.7. The summed E-state index contributed by atoms with van der Waals surface area (Å²) in [6.07, 6.45) is 0. The quantitative estimate of drug-likeness (QED) is 0.0904. The molecule has 0 saturated heterocycles. The standard InChI is InChI=1S/C75H52N4SSi2/c1-7-29-55(30-8-1)81(56-31-9-2-10-32-56,57-33-11-3-12-34-57)61-41-25-27-53(49-61)73-76-74(54-28-26-42-62(50-54)82(58-35-13-4-14-36-58,59-37-15-5-16-38-59)60-39-17-6-18-40-60)78-75(77-73)67-51-66-65-45-21-24-48-71(65)80-72(66)52-70(67)79-68-46-22-19-43-63(68)64-44-20-23-47-69(64)79/h1-52H. The molecule has 0 unspecified atom stereocenters. The van der Waals surface area contributed by atoms with E-state index in [4.69, 9.17) is 15.0 Å². The van der Waals surface area contributed by atoms with Gasteiger partial charge < -0.3 is 4.57 Å². The Kier molecular flexibility index (Phi) is 12.4. The average molecular weight is 1100 g/mol. The molecule has 0 spiro atoms. The molecule has 0 bridgehead atoms. The number of fused-ring (bicyclic) bond motifs is 6. The zero-order valence-electron chi connectivity index (χ0n) is 44.7. The number of para-hydroxylation sites is 2. The van der Waals surface area contributed by atoms with Crippen LogP contribution in [0.1, 0.15) is 0 Å². The van der Waals surface area contributed by atoms with Crippen LogP contribution in [0.15, 0.2) is 315 Å². The lowest BCUT2D eigenvalue weighted by Gasteiger charge is -2.34. The van der Waals surface area contributed by atoms with Crippen LogP contribution in [0.3, 0.4) is 0 Å². The first kappa shape index (κ1) is 49.2. The van der Waals surface area contributed by atoms with E-state index in [9.17, 15) is 0 Å². The van der Waals surface area contributed by atoms with Crippen LogP contribution in [0.5, 0.6) is 0 Å². The molecular formula is C75H52N4SSi2. The van der Waals surface area contributed by atoms with Gasteiger partial charge in [-0.25, -0.2) is 15.0 Å². The summed E-state index contributed by atoms with van der Waals surface area (Å²) in [5, 5.41) is 15.0. The van der Waals surface area contributed by atoms with E-state index in [1.807, 2.05) is 11.3 Å². The third-order valence-electron chi connectivity index (χ3n) is 16.5. The number of aromatic nitrogens is 4. The molecule has 0 atom stereocenters. The van der Waals surface area contributed by atoms with Crippen LogP contribution in [0.25, 0.3) is 81.8 Å². The first-order chi connectivity index (χ1) is 40.7. The Bertz CT molecular complexity index is 4370. The van der Waals surface area contributed by atoms with Gasteiger partial charge in [0.05, 0.1) is 16.7 Å². The van der Waals surface area contributed by atoms with Gasteiger partial charge in [0.25, 0.3) is 0 Å². The van der Waals surface area contributed by atoms with Gasteiger partial charge in [0.15, 0.2) is 33.6 Å². The van der Waals surface area contributed by atoms with Crippen LogP contribution in [-0.2, 0) is 0 Å². The molecule has 0 aliphatic carbocycles. The normalized spacial score (nSPS) is 11.9. The fourth-order valence-electron chi connectivity index (χ4n) is 13.0. The highest BCUT2D eigenvalue weighted by molar-refractivity contribution is 7.26. The van der Waals surface area contributed by atoms with Crippen LogP contribution in [0.2, 0.25) is 0 Å². The van der Waals surface area contributed by atoms with Gasteiger partial charge in [-0.1, -0.05) is 285 Å². The van der Waals surface area contributed by atoms with Crippen molar-refractivity contribution in [2.45, 2.75) is 0 Å². The largest absolute Gasteiger partial charge is 0.308 e. The van der Waals surface area contributed by atoms with Crippen molar-refractivity contribution >= 4 is 111 Å². The van der Waals surface area contributed by atoms with Gasteiger partial charge in [0.1, 0.15) is 0 Å². The van der Waals surface area contributed by atoms with Crippen LogP contribution in [-0.4, -0.2) is 35.7 Å². The van der Waals surface area contributed by atoms with Crippen LogP contribution >= 0.6 is 11.3 Å². The predicted molar refractivity (Wildman–Crippen MR) is 351 cm³/mol. The van der Waals surface area contributed by atoms with Gasteiger partial charge in [-0.15, -0.1) is 11.3 Å². The number of rotatable bonds is 12. The lowest BCUT2D eigenvalue weighted by molar-refractivity contribution is 1.07. The second kappa shape index (κ2) is 20.6. The maximum absolute atomic E-state index is 5.75. The highest BCUT2D eigenvalue weighted by atomic mass is 32.1. The Morgan fingerprint density at radius 3 is 1.01 bits per heavy atom. The summed E-state index contributed by atoms with van der Waals surface area (Å²) in [5.41, 5.74) is 6.00. The third-order valence-corrected chi connectivity index (χ3v) is 27.2. The molecule has 0 radical (unpaired) electrons. The fourth-order valence-corrected chi connectivity index (χ4v) is 23.7. The molecule has 0 aliphatic rings. The molecule has 386 valence electrons. The second-order valence-electron chi connectivity index (χ2n) is 21.0. The third kappa shape index (κ3) is 8.12. The van der Waals surface area contributed by atoms with Crippen LogP contribution in [0, 0.1) is 0 Å². The summed E-state index contributed by atoms with van der Waals surface area (Å²) in [5.74, 6) is 1.80. The van der Waals surface area contributed by atoms with E-state index in [2.05, 4.69) is 320 Å². The topological polar surface area (TPSA) is 43.6 Å². The van der Waals surface area contributed by atoms with Gasteiger partial charge >= 0.3 is 0 Å². The molecule has 4 nitrogen and oxygen atoms in total. The summed E-state index contributed by atoms with van der Waals surface area (Å²) in [6.45, 7) is 0. The van der Waals surface area contributed by atoms with E-state index in [-0.39, 0.29) is 0 Å². The number of hydrogen-bond donors (Lipinski definition) is 0. The average Bonchev–Trinajstić information content (AvgIpc) is 2.81. The minimum atomic E-state index is -2.96. The van der Waals surface area contributed by atoms with Gasteiger partial charge in [-0.3, -0.25) is 0 Å². The van der Waals surface area contributed by atoms with Crippen molar-refractivity contribution in [1.29, 1.82) is 0 Å². The number of nitrogens with zero attached hydrogens (tertiary/aromatic N) is 4. The number of hydrogen-bond acceptors (Lipinski definition) is 4. The summed E-state index contributed by atoms with van der Waals surface area (Å²) in [7, 11) is -5.92. The minimum absolute atomic E-state index is 0.597. The molecule has 0 N–H and O–H groups in total. The van der Waals surface area contributed by atoms with Gasteiger partial charge in [0.2, 0.25) is 0 Å². The van der Waals surface area contributed by atoms with Crippen molar-refractivity contribution in [3.8, 4) is 39.9 Å². The van der Waals surface area contributed by atoms with E-state index in [0.717, 1.165) is 33.4 Å². The first-order valence-electron chi connectivity index (χ1n) is 27.9. The van der Waals surface area contributed by atoms with Gasteiger partial charge in [0, 0.05) is 47.6 Å². The SMILES string of the molecule is c1ccc([Si](c2ccccc2)(c2ccccc2)c2cccc(-c3nc(-c4cccc([Si](c5ccccc5)(c5ccccc5)c5ccccc5)c4)nc(-c4cc5c(cc4-n4c6ccccc6c6ccccc64)sc4ccccc45)n3)c2)cc1. The predicted octanol–water partition coefficient (Wildman–Crippen LogP) is 13.1. The molecule has 0 amide bonds. The number of thiophene rings is 1. The zero-order chi connectivity index (χ0) is 54.5. The maximum atomic E-state index is 5.75. The Morgan fingerprint density at radius 1 is 0.256 bits per heavy atom. The van der Waals surface area contributed by atoms with E-state index in [0.29, 0.717) is 17.5 Å². The van der Waals surface area contributed by atoms with E-state index < -0.39 is 16.1 Å².